The van der Waals surface area contributed by atoms with Crippen molar-refractivity contribution in [1.29, 1.82) is 0 Å². The molecule has 4 rings (SSSR count). The highest BCUT2D eigenvalue weighted by Crippen LogP contribution is 2.33. The third kappa shape index (κ3) is 3.27. The molecule has 26 heavy (non-hydrogen) atoms. The van der Waals surface area contributed by atoms with Gasteiger partial charge in [0.05, 0.1) is 11.4 Å². The van der Waals surface area contributed by atoms with Crippen molar-refractivity contribution < 1.29 is 0 Å². The summed E-state index contributed by atoms with van der Waals surface area (Å²) >= 11 is 0. The molecular weight excluding hydrogens is 320 g/mol. The van der Waals surface area contributed by atoms with Crippen molar-refractivity contribution in [3.8, 4) is 0 Å². The quantitative estimate of drug-likeness (QED) is 0.783. The van der Waals surface area contributed by atoms with Gasteiger partial charge in [0.25, 0.3) is 0 Å². The Labute approximate surface area is 154 Å². The molecule has 1 aliphatic heterocycles. The Balaban J connectivity index is 1.81. The maximum Gasteiger partial charge on any atom is 0.0964 e. The number of allylic oxidation sites excluding steroid dienone is 2. The number of hydrogen-bond acceptors (Lipinski definition) is 4. The fourth-order valence-electron chi connectivity index (χ4n) is 3.78. The van der Waals surface area contributed by atoms with Crippen LogP contribution in [0.1, 0.15) is 43.2 Å². The van der Waals surface area contributed by atoms with Crippen molar-refractivity contribution in [2.45, 2.75) is 32.1 Å². The summed E-state index contributed by atoms with van der Waals surface area (Å²) in [4.78, 5) is 0. The van der Waals surface area contributed by atoms with Crippen LogP contribution in [0.5, 0.6) is 0 Å². The minimum Gasteiger partial charge on any atom is -0.399 e. The van der Waals surface area contributed by atoms with Crippen molar-refractivity contribution in [1.82, 2.24) is 0 Å². The molecule has 1 atom stereocenters. The summed E-state index contributed by atoms with van der Waals surface area (Å²) < 4.78 is 0. The molecule has 1 aliphatic carbocycles. The summed E-state index contributed by atoms with van der Waals surface area (Å²) in [7, 11) is 0. The number of hydrogen-bond donors (Lipinski definition) is 2. The van der Waals surface area contributed by atoms with Gasteiger partial charge in [0.15, 0.2) is 0 Å². The van der Waals surface area contributed by atoms with Gasteiger partial charge in [0.2, 0.25) is 0 Å². The summed E-state index contributed by atoms with van der Waals surface area (Å²) in [5.74, 6) is 0.281. The molecule has 0 amide bonds. The first-order valence-corrected chi connectivity index (χ1v) is 9.30. The van der Waals surface area contributed by atoms with Gasteiger partial charge in [-0.25, -0.2) is 0 Å². The fraction of sp³-hybridized carbons (Fsp3) is 0.273. The van der Waals surface area contributed by atoms with Gasteiger partial charge in [-0.3, -0.25) is 0 Å². The lowest BCUT2D eigenvalue weighted by atomic mass is 9.79. The molecule has 2 aromatic rings. The van der Waals surface area contributed by atoms with E-state index < -0.39 is 0 Å². The molecule has 2 aromatic carbocycles. The first-order chi connectivity index (χ1) is 12.7. The molecule has 0 spiro atoms. The first-order valence-electron chi connectivity index (χ1n) is 9.30. The normalized spacial score (nSPS) is 20.2. The van der Waals surface area contributed by atoms with E-state index in [1.807, 2.05) is 48.5 Å². The maximum atomic E-state index is 5.85. The summed E-state index contributed by atoms with van der Waals surface area (Å²) in [6, 6.07) is 15.9. The molecule has 0 radical (unpaired) electrons. The van der Waals surface area contributed by atoms with Crippen molar-refractivity contribution in [2.24, 2.45) is 16.1 Å². The predicted molar refractivity (Wildman–Crippen MR) is 109 cm³/mol. The van der Waals surface area contributed by atoms with Gasteiger partial charge >= 0.3 is 0 Å². The van der Waals surface area contributed by atoms with Gasteiger partial charge in [-0.1, -0.05) is 43.2 Å². The fourth-order valence-corrected chi connectivity index (χ4v) is 3.78. The van der Waals surface area contributed by atoms with Crippen LogP contribution in [0.15, 0.2) is 70.4 Å². The lowest BCUT2D eigenvalue weighted by molar-refractivity contribution is 0.586. The van der Waals surface area contributed by atoms with Crippen LogP contribution >= 0.6 is 0 Å². The van der Waals surface area contributed by atoms with Gasteiger partial charge in [-0.05, 0) is 54.7 Å². The molecule has 0 saturated carbocycles. The minimum atomic E-state index is 0.281. The van der Waals surface area contributed by atoms with E-state index in [1.165, 1.54) is 24.8 Å². The monoisotopic (exact) mass is 344 g/mol. The van der Waals surface area contributed by atoms with Crippen LogP contribution < -0.4 is 11.5 Å². The highest BCUT2D eigenvalue weighted by atomic mass is 15.2. The van der Waals surface area contributed by atoms with E-state index in [-0.39, 0.29) is 5.92 Å². The smallest absolute Gasteiger partial charge is 0.0964 e. The van der Waals surface area contributed by atoms with Gasteiger partial charge in [-0.2, -0.15) is 5.10 Å². The zero-order valence-corrected chi connectivity index (χ0v) is 14.9. The molecule has 1 heterocycles. The van der Waals surface area contributed by atoms with Crippen LogP contribution in [0.3, 0.4) is 0 Å². The Bertz CT molecular complexity index is 873. The summed E-state index contributed by atoms with van der Waals surface area (Å²) in [6.07, 6.45) is 8.27. The van der Waals surface area contributed by atoms with Crippen molar-refractivity contribution in [3.05, 3.63) is 71.3 Å². The van der Waals surface area contributed by atoms with Crippen LogP contribution in [0.25, 0.3) is 0 Å². The molecule has 4 heteroatoms. The minimum absolute atomic E-state index is 0.281. The van der Waals surface area contributed by atoms with Gasteiger partial charge in [0, 0.05) is 22.9 Å². The van der Waals surface area contributed by atoms with Crippen molar-refractivity contribution >= 4 is 22.8 Å². The second kappa shape index (κ2) is 7.16. The molecule has 2 aliphatic rings. The SMILES string of the molecule is Nc1ccc(C2=NN=C(c3ccc(N)cc3)[C@H]3CCCCCC=C23)cc1. The number of nitrogen functional groups attached to an aromatic ring is 2. The Morgan fingerprint density at radius 2 is 1.38 bits per heavy atom. The highest BCUT2D eigenvalue weighted by Gasteiger charge is 2.29. The Hall–Kier alpha value is -2.88. The lowest BCUT2D eigenvalue weighted by Crippen LogP contribution is -2.27. The predicted octanol–water partition coefficient (Wildman–Crippen LogP) is 4.56. The first kappa shape index (κ1) is 16.6. The van der Waals surface area contributed by atoms with Gasteiger partial charge in [-0.15, -0.1) is 5.10 Å². The summed E-state index contributed by atoms with van der Waals surface area (Å²) in [5, 5.41) is 9.29. The molecule has 132 valence electrons. The number of rotatable bonds is 2. The molecule has 0 saturated heterocycles. The molecule has 4 N–H and O–H groups in total. The van der Waals surface area contributed by atoms with Crippen molar-refractivity contribution in [3.63, 3.8) is 0 Å². The van der Waals surface area contributed by atoms with Crippen molar-refractivity contribution in [2.75, 3.05) is 11.5 Å². The number of fused-ring (bicyclic) bond motifs is 1. The van der Waals surface area contributed by atoms with Crippen LogP contribution in [0, 0.1) is 5.92 Å². The number of benzene rings is 2. The largest absolute Gasteiger partial charge is 0.399 e. The summed E-state index contributed by atoms with van der Waals surface area (Å²) in [6.45, 7) is 0. The lowest BCUT2D eigenvalue weighted by Gasteiger charge is -2.28. The van der Waals surface area contributed by atoms with Crippen LogP contribution in [0.4, 0.5) is 11.4 Å². The van der Waals surface area contributed by atoms with Crippen LogP contribution in [-0.4, -0.2) is 11.4 Å². The van der Waals surface area contributed by atoms with E-state index in [9.17, 15) is 0 Å². The average Bonchev–Trinajstić information content (AvgIpc) is 2.63. The van der Waals surface area contributed by atoms with Crippen LogP contribution in [-0.2, 0) is 0 Å². The zero-order chi connectivity index (χ0) is 17.9. The van der Waals surface area contributed by atoms with Gasteiger partial charge < -0.3 is 11.5 Å². The molecular formula is C22H24N4. The van der Waals surface area contributed by atoms with E-state index in [0.717, 1.165) is 46.8 Å². The van der Waals surface area contributed by atoms with E-state index in [1.54, 1.807) is 0 Å². The number of nitrogens with two attached hydrogens (primary N) is 2. The van der Waals surface area contributed by atoms with E-state index in [2.05, 4.69) is 16.3 Å². The third-order valence-corrected chi connectivity index (χ3v) is 5.19. The topological polar surface area (TPSA) is 76.8 Å². The standard InChI is InChI=1S/C22H24N4/c23-17-11-7-15(8-12-17)21-19-5-3-1-2-4-6-20(19)22(26-25-21)16-9-13-18(24)14-10-16/h5,7-14,20H,1-4,6,23-24H2/t20-/m0/s1. The molecule has 0 fully saturated rings. The second-order valence-corrected chi connectivity index (χ2v) is 7.03. The zero-order valence-electron chi connectivity index (χ0n) is 14.9. The average molecular weight is 344 g/mol. The number of anilines is 2. The second-order valence-electron chi connectivity index (χ2n) is 7.03. The summed E-state index contributed by atoms with van der Waals surface area (Å²) in [5.41, 5.74) is 18.8. The molecule has 0 unspecified atom stereocenters. The molecule has 0 aromatic heterocycles. The van der Waals surface area contributed by atoms with E-state index in [4.69, 9.17) is 11.5 Å². The molecule has 0 bridgehead atoms. The molecule has 4 nitrogen and oxygen atoms in total. The Morgan fingerprint density at radius 3 is 2.08 bits per heavy atom. The Morgan fingerprint density at radius 1 is 0.731 bits per heavy atom. The number of nitrogens with zero attached hydrogens (tertiary/aromatic N) is 2. The maximum absolute atomic E-state index is 5.85. The highest BCUT2D eigenvalue weighted by molar-refractivity contribution is 6.20. The van der Waals surface area contributed by atoms with E-state index >= 15 is 0 Å². The van der Waals surface area contributed by atoms with E-state index in [0.29, 0.717) is 0 Å². The third-order valence-electron chi connectivity index (χ3n) is 5.19. The Kier molecular flexibility index (Phi) is 4.57. The van der Waals surface area contributed by atoms with Gasteiger partial charge in [0.1, 0.15) is 0 Å². The van der Waals surface area contributed by atoms with Crippen LogP contribution in [0.2, 0.25) is 0 Å².